The number of phenols is 1. The van der Waals surface area contributed by atoms with Gasteiger partial charge in [0.25, 0.3) is 0 Å². The Morgan fingerprint density at radius 1 is 0.844 bits per heavy atom. The van der Waals surface area contributed by atoms with E-state index in [0.717, 1.165) is 28.1 Å². The number of phenolic OH excluding ortho intramolecular Hbond substituents is 1. The standard InChI is InChI=1S/C28H25N3O/c1-28(2,3)21-17-22(20-11-5-4-6-12-20)29-27(18-21)31-19-30(23-13-7-8-14-24(23)31)25-15-9-10-16-26(25)32/h4-18,32H,1-3H3. The first-order chi connectivity index (χ1) is 15.4. The Kier molecular flexibility index (Phi) is 4.78. The molecule has 2 aromatic heterocycles. The van der Waals surface area contributed by atoms with Gasteiger partial charge >= 0.3 is 0 Å². The van der Waals surface area contributed by atoms with E-state index in [1.807, 2.05) is 63.7 Å². The lowest BCUT2D eigenvalue weighted by Gasteiger charge is -2.20. The molecular formula is C28H25N3O. The second-order valence-electron chi connectivity index (χ2n) is 8.96. The third-order valence-electron chi connectivity index (χ3n) is 5.66. The molecule has 0 amide bonds. The average molecular weight is 420 g/mol. The predicted octanol–water partition coefficient (Wildman–Crippen LogP) is 5.77. The highest BCUT2D eigenvalue weighted by atomic mass is 16.3. The van der Waals surface area contributed by atoms with E-state index in [2.05, 4.69) is 57.4 Å². The molecule has 0 spiro atoms. The van der Waals surface area contributed by atoms with E-state index in [-0.39, 0.29) is 11.2 Å². The number of imidazole rings is 1. The first-order valence-electron chi connectivity index (χ1n) is 10.7. The number of hydrogen-bond acceptors (Lipinski definition) is 2. The lowest BCUT2D eigenvalue weighted by atomic mass is 9.86. The van der Waals surface area contributed by atoms with Crippen molar-refractivity contribution in [3.8, 4) is 28.5 Å². The molecule has 5 aromatic rings. The van der Waals surface area contributed by atoms with E-state index in [4.69, 9.17) is 4.98 Å². The summed E-state index contributed by atoms with van der Waals surface area (Å²) in [6.45, 7) is 6.63. The van der Waals surface area contributed by atoms with Crippen LogP contribution in [0.15, 0.2) is 91.0 Å². The number of hydrogen-bond donors (Lipinski definition) is 1. The van der Waals surface area contributed by atoms with Crippen LogP contribution in [0.3, 0.4) is 0 Å². The minimum absolute atomic E-state index is 0.0438. The van der Waals surface area contributed by atoms with Crippen LogP contribution in [0.1, 0.15) is 26.3 Å². The van der Waals surface area contributed by atoms with Crippen LogP contribution in [0.2, 0.25) is 0 Å². The molecule has 0 aliphatic rings. The van der Waals surface area contributed by atoms with E-state index in [0.29, 0.717) is 5.69 Å². The van der Waals surface area contributed by atoms with Crippen molar-refractivity contribution in [3.05, 3.63) is 103 Å². The van der Waals surface area contributed by atoms with Crippen LogP contribution < -0.4 is 4.57 Å². The summed E-state index contributed by atoms with van der Waals surface area (Å²) >= 11 is 0. The number of para-hydroxylation sites is 4. The maximum absolute atomic E-state index is 10.5. The van der Waals surface area contributed by atoms with Gasteiger partial charge in [-0.3, -0.25) is 4.57 Å². The number of aromatic nitrogens is 3. The quantitative estimate of drug-likeness (QED) is 0.298. The zero-order valence-electron chi connectivity index (χ0n) is 18.4. The molecular weight excluding hydrogens is 394 g/mol. The zero-order valence-corrected chi connectivity index (χ0v) is 18.4. The van der Waals surface area contributed by atoms with Gasteiger partial charge in [-0.2, -0.15) is 0 Å². The summed E-state index contributed by atoms with van der Waals surface area (Å²) in [6.07, 6.45) is 3.43. The Labute approximate surface area is 188 Å². The molecule has 0 saturated carbocycles. The fraction of sp³-hybridized carbons (Fsp3) is 0.143. The van der Waals surface area contributed by atoms with Crippen LogP contribution in [0, 0.1) is 6.33 Å². The first kappa shape index (κ1) is 20.0. The van der Waals surface area contributed by atoms with Crippen LogP contribution in [-0.2, 0) is 5.41 Å². The van der Waals surface area contributed by atoms with Crippen molar-refractivity contribution >= 4 is 11.0 Å². The molecule has 4 nitrogen and oxygen atoms in total. The van der Waals surface area contributed by atoms with E-state index in [1.165, 1.54) is 5.56 Å². The molecule has 0 bridgehead atoms. The maximum Gasteiger partial charge on any atom is 0.203 e. The molecule has 0 saturated heterocycles. The highest BCUT2D eigenvalue weighted by molar-refractivity contribution is 5.75. The normalized spacial score (nSPS) is 11.7. The van der Waals surface area contributed by atoms with Gasteiger partial charge in [-0.25, -0.2) is 0 Å². The van der Waals surface area contributed by atoms with Gasteiger partial charge < -0.3 is 9.67 Å². The molecule has 0 atom stereocenters. The molecule has 1 N–H and O–H groups in total. The van der Waals surface area contributed by atoms with E-state index < -0.39 is 0 Å². The fourth-order valence-corrected chi connectivity index (χ4v) is 3.88. The third kappa shape index (κ3) is 3.54. The van der Waals surface area contributed by atoms with E-state index >= 15 is 0 Å². The lowest BCUT2D eigenvalue weighted by Crippen LogP contribution is -2.32. The predicted molar refractivity (Wildman–Crippen MR) is 127 cm³/mol. The molecule has 3 aromatic carbocycles. The third-order valence-corrected chi connectivity index (χ3v) is 5.66. The zero-order chi connectivity index (χ0) is 22.3. The van der Waals surface area contributed by atoms with Gasteiger partial charge in [0.05, 0.1) is 5.69 Å². The molecule has 0 aliphatic heterocycles. The van der Waals surface area contributed by atoms with Crippen molar-refractivity contribution in [2.75, 3.05) is 0 Å². The van der Waals surface area contributed by atoms with Crippen LogP contribution in [-0.4, -0.2) is 14.7 Å². The molecule has 5 rings (SSSR count). The van der Waals surface area contributed by atoms with Gasteiger partial charge in [0.2, 0.25) is 5.82 Å². The fourth-order valence-electron chi connectivity index (χ4n) is 3.88. The number of aromatic hydroxyl groups is 1. The van der Waals surface area contributed by atoms with Crippen molar-refractivity contribution < 1.29 is 9.67 Å². The maximum atomic E-state index is 10.5. The molecule has 0 unspecified atom stereocenters. The van der Waals surface area contributed by atoms with E-state index in [9.17, 15) is 5.11 Å². The Morgan fingerprint density at radius 3 is 2.28 bits per heavy atom. The number of rotatable bonds is 3. The van der Waals surface area contributed by atoms with Crippen LogP contribution in [0.5, 0.6) is 5.75 Å². The number of benzene rings is 3. The summed E-state index contributed by atoms with van der Waals surface area (Å²) in [4.78, 5) is 5.02. The smallest absolute Gasteiger partial charge is 0.203 e. The second kappa shape index (κ2) is 7.65. The first-order valence-corrected chi connectivity index (χ1v) is 10.7. The van der Waals surface area contributed by atoms with Gasteiger partial charge in [0.1, 0.15) is 11.4 Å². The van der Waals surface area contributed by atoms with Crippen LogP contribution >= 0.6 is 0 Å². The molecule has 32 heavy (non-hydrogen) atoms. The van der Waals surface area contributed by atoms with Gasteiger partial charge in [0.15, 0.2) is 6.33 Å². The van der Waals surface area contributed by atoms with Crippen molar-refractivity contribution in [1.82, 2.24) is 9.55 Å². The molecule has 158 valence electrons. The summed E-state index contributed by atoms with van der Waals surface area (Å²) in [5.41, 5.74) is 5.74. The Bertz CT molecular complexity index is 1410. The van der Waals surface area contributed by atoms with Crippen molar-refractivity contribution in [2.24, 2.45) is 0 Å². The Morgan fingerprint density at radius 2 is 1.53 bits per heavy atom. The van der Waals surface area contributed by atoms with Gasteiger partial charge in [-0.1, -0.05) is 93.6 Å². The Hall–Kier alpha value is -3.92. The molecule has 0 fully saturated rings. The summed E-state index contributed by atoms with van der Waals surface area (Å²) in [5, 5.41) is 10.5. The van der Waals surface area contributed by atoms with Gasteiger partial charge in [-0.05, 0) is 29.2 Å². The molecule has 2 heterocycles. The molecule has 4 heteroatoms. The minimum Gasteiger partial charge on any atom is -0.512 e. The lowest BCUT2D eigenvalue weighted by molar-refractivity contribution is -0.576. The van der Waals surface area contributed by atoms with Crippen molar-refractivity contribution in [1.29, 1.82) is 0 Å². The van der Waals surface area contributed by atoms with Crippen molar-refractivity contribution in [2.45, 2.75) is 26.2 Å². The molecule has 0 aliphatic carbocycles. The molecule has 0 radical (unpaired) electrons. The largest absolute Gasteiger partial charge is 0.512 e. The highest BCUT2D eigenvalue weighted by Crippen LogP contribution is 2.29. The summed E-state index contributed by atoms with van der Waals surface area (Å²) in [7, 11) is 0. The summed E-state index contributed by atoms with van der Waals surface area (Å²) < 4.78 is 3.86. The van der Waals surface area contributed by atoms with Crippen molar-refractivity contribution in [3.63, 3.8) is 0 Å². The minimum atomic E-state index is -0.0438. The monoisotopic (exact) mass is 419 g/mol. The number of nitrogens with zero attached hydrogens (tertiary/aromatic N) is 3. The Balaban J connectivity index is 1.79. The topological polar surface area (TPSA) is 41.9 Å². The number of fused-ring (bicyclic) bond motifs is 1. The number of pyridine rings is 1. The van der Waals surface area contributed by atoms with Gasteiger partial charge in [-0.15, -0.1) is 4.98 Å². The second-order valence-corrected chi connectivity index (χ2v) is 8.96. The van der Waals surface area contributed by atoms with Crippen LogP contribution in [0.25, 0.3) is 33.8 Å². The highest BCUT2D eigenvalue weighted by Gasteiger charge is 2.20. The van der Waals surface area contributed by atoms with Gasteiger partial charge in [0, 0.05) is 16.6 Å². The van der Waals surface area contributed by atoms with E-state index in [1.54, 1.807) is 6.07 Å². The van der Waals surface area contributed by atoms with Crippen LogP contribution in [0.4, 0.5) is 0 Å². The summed E-state index contributed by atoms with van der Waals surface area (Å²) in [5.74, 6) is 1.000. The average Bonchev–Trinajstić information content (AvgIpc) is 3.19. The SMILES string of the molecule is CC(C)(C)c1cc(-c2ccccc2)nc(-[n+]2[c-]n(-c3ccccc3O)c3ccccc32)c1. The summed E-state index contributed by atoms with van der Waals surface area (Å²) in [6, 6.07) is 29.9.